The van der Waals surface area contributed by atoms with Gasteiger partial charge in [-0.05, 0) is 18.6 Å². The van der Waals surface area contributed by atoms with Crippen molar-refractivity contribution in [2.75, 3.05) is 11.9 Å². The molecular formula is C15H14N4O. The van der Waals surface area contributed by atoms with Crippen LogP contribution in [0, 0.1) is 11.3 Å². The van der Waals surface area contributed by atoms with Gasteiger partial charge in [-0.25, -0.2) is 4.98 Å². The third-order valence-corrected chi connectivity index (χ3v) is 3.45. The van der Waals surface area contributed by atoms with Crippen molar-refractivity contribution in [3.63, 3.8) is 0 Å². The molecule has 5 heteroatoms. The number of para-hydroxylation sites is 1. The van der Waals surface area contributed by atoms with Crippen LogP contribution in [-0.2, 0) is 4.79 Å². The highest BCUT2D eigenvalue weighted by atomic mass is 16.1. The molecular weight excluding hydrogens is 252 g/mol. The number of anilines is 1. The van der Waals surface area contributed by atoms with Crippen LogP contribution in [0.3, 0.4) is 0 Å². The Labute approximate surface area is 116 Å². The van der Waals surface area contributed by atoms with E-state index in [2.05, 4.69) is 21.7 Å². The number of nitriles is 1. The van der Waals surface area contributed by atoms with Gasteiger partial charge in [0.15, 0.2) is 0 Å². The van der Waals surface area contributed by atoms with Crippen molar-refractivity contribution in [1.29, 1.82) is 5.26 Å². The molecule has 1 aliphatic heterocycles. The van der Waals surface area contributed by atoms with Crippen LogP contribution in [0.15, 0.2) is 30.3 Å². The molecule has 0 bridgehead atoms. The minimum atomic E-state index is 0.0981. The minimum absolute atomic E-state index is 0.0981. The van der Waals surface area contributed by atoms with Crippen LogP contribution in [0.25, 0.3) is 10.9 Å². The predicted molar refractivity (Wildman–Crippen MR) is 76.1 cm³/mol. The summed E-state index contributed by atoms with van der Waals surface area (Å²) in [5.74, 6) is 0.766. The van der Waals surface area contributed by atoms with Crippen LogP contribution < -0.4 is 10.6 Å². The summed E-state index contributed by atoms with van der Waals surface area (Å²) in [6, 6.07) is 11.7. The summed E-state index contributed by atoms with van der Waals surface area (Å²) in [6.07, 6.45) is 1.42. The second kappa shape index (κ2) is 5.17. The van der Waals surface area contributed by atoms with Crippen molar-refractivity contribution in [1.82, 2.24) is 10.3 Å². The zero-order valence-corrected chi connectivity index (χ0v) is 10.9. The number of carbonyl (C=O) groups excluding carboxylic acids is 1. The number of nitrogens with zero attached hydrogens (tertiary/aromatic N) is 2. The summed E-state index contributed by atoms with van der Waals surface area (Å²) < 4.78 is 0. The molecule has 20 heavy (non-hydrogen) atoms. The summed E-state index contributed by atoms with van der Waals surface area (Å²) in [4.78, 5) is 15.6. The number of benzene rings is 1. The van der Waals surface area contributed by atoms with E-state index in [0.29, 0.717) is 24.3 Å². The summed E-state index contributed by atoms with van der Waals surface area (Å²) in [5.41, 5.74) is 1.40. The number of aromatic nitrogens is 1. The zero-order valence-electron chi connectivity index (χ0n) is 10.9. The standard InChI is InChI=1S/C15H14N4O/c16-8-10-7-14(17-9-11-5-6-15(20)18-11)19-13-4-2-1-3-12(10)13/h1-4,7,11H,5-6,9H2,(H,17,19)(H,18,20). The lowest BCUT2D eigenvalue weighted by Crippen LogP contribution is -2.32. The highest BCUT2D eigenvalue weighted by molar-refractivity contribution is 5.86. The summed E-state index contributed by atoms with van der Waals surface area (Å²) in [5, 5.41) is 16.2. The highest BCUT2D eigenvalue weighted by Crippen LogP contribution is 2.20. The van der Waals surface area contributed by atoms with Gasteiger partial charge < -0.3 is 10.6 Å². The molecule has 100 valence electrons. The lowest BCUT2D eigenvalue weighted by atomic mass is 10.1. The molecule has 2 aromatic rings. The van der Waals surface area contributed by atoms with E-state index in [4.69, 9.17) is 0 Å². The van der Waals surface area contributed by atoms with Crippen molar-refractivity contribution in [2.24, 2.45) is 0 Å². The zero-order chi connectivity index (χ0) is 13.9. The summed E-state index contributed by atoms with van der Waals surface area (Å²) in [6.45, 7) is 0.627. The number of rotatable bonds is 3. The smallest absolute Gasteiger partial charge is 0.220 e. The summed E-state index contributed by atoms with van der Waals surface area (Å²) >= 11 is 0. The molecule has 3 rings (SSSR count). The normalized spacial score (nSPS) is 17.8. The van der Waals surface area contributed by atoms with Gasteiger partial charge in [0.25, 0.3) is 0 Å². The van der Waals surface area contributed by atoms with E-state index in [1.165, 1.54) is 0 Å². The molecule has 1 aromatic carbocycles. The molecule has 1 amide bonds. The van der Waals surface area contributed by atoms with Crippen molar-refractivity contribution in [3.8, 4) is 6.07 Å². The van der Waals surface area contributed by atoms with Crippen molar-refractivity contribution < 1.29 is 4.79 Å². The molecule has 0 aliphatic carbocycles. The lowest BCUT2D eigenvalue weighted by Gasteiger charge is -2.12. The van der Waals surface area contributed by atoms with Gasteiger partial charge in [-0.15, -0.1) is 0 Å². The van der Waals surface area contributed by atoms with Crippen LogP contribution in [-0.4, -0.2) is 23.5 Å². The topological polar surface area (TPSA) is 77.8 Å². The number of hydrogen-bond donors (Lipinski definition) is 2. The molecule has 1 atom stereocenters. The van der Waals surface area contributed by atoms with Gasteiger partial charge in [0.2, 0.25) is 5.91 Å². The molecule has 0 radical (unpaired) electrons. The third kappa shape index (κ3) is 2.41. The molecule has 5 nitrogen and oxygen atoms in total. The molecule has 2 heterocycles. The highest BCUT2D eigenvalue weighted by Gasteiger charge is 2.20. The Balaban J connectivity index is 1.81. The van der Waals surface area contributed by atoms with Gasteiger partial charge in [-0.1, -0.05) is 18.2 Å². The number of pyridine rings is 1. The fourth-order valence-corrected chi connectivity index (χ4v) is 2.42. The van der Waals surface area contributed by atoms with E-state index < -0.39 is 0 Å². The molecule has 1 unspecified atom stereocenters. The molecule has 0 saturated carbocycles. The van der Waals surface area contributed by atoms with Crippen molar-refractivity contribution in [3.05, 3.63) is 35.9 Å². The first-order valence-electron chi connectivity index (χ1n) is 6.59. The van der Waals surface area contributed by atoms with E-state index in [-0.39, 0.29) is 11.9 Å². The van der Waals surface area contributed by atoms with Crippen LogP contribution >= 0.6 is 0 Å². The Morgan fingerprint density at radius 1 is 1.45 bits per heavy atom. The Morgan fingerprint density at radius 3 is 3.05 bits per heavy atom. The molecule has 1 fully saturated rings. The Bertz CT molecular complexity index is 705. The molecule has 1 aliphatic rings. The maximum Gasteiger partial charge on any atom is 0.220 e. The Hall–Kier alpha value is -2.61. The van der Waals surface area contributed by atoms with Crippen molar-refractivity contribution >= 4 is 22.6 Å². The predicted octanol–water partition coefficient (Wildman–Crippen LogP) is 1.80. The Morgan fingerprint density at radius 2 is 2.30 bits per heavy atom. The van der Waals surface area contributed by atoms with Gasteiger partial charge in [0.1, 0.15) is 5.82 Å². The first-order chi connectivity index (χ1) is 9.76. The second-order valence-electron chi connectivity index (χ2n) is 4.87. The van der Waals surface area contributed by atoms with Crippen LogP contribution in [0.4, 0.5) is 5.82 Å². The number of carbonyl (C=O) groups is 1. The fraction of sp³-hybridized carbons (Fsp3) is 0.267. The van der Waals surface area contributed by atoms with E-state index in [1.807, 2.05) is 24.3 Å². The fourth-order valence-electron chi connectivity index (χ4n) is 2.42. The lowest BCUT2D eigenvalue weighted by molar-refractivity contribution is -0.119. The number of fused-ring (bicyclic) bond motifs is 1. The van der Waals surface area contributed by atoms with Crippen molar-refractivity contribution in [2.45, 2.75) is 18.9 Å². The van der Waals surface area contributed by atoms with Gasteiger partial charge >= 0.3 is 0 Å². The third-order valence-electron chi connectivity index (χ3n) is 3.45. The minimum Gasteiger partial charge on any atom is -0.368 e. The van der Waals surface area contributed by atoms with E-state index >= 15 is 0 Å². The first-order valence-corrected chi connectivity index (χ1v) is 6.59. The van der Waals surface area contributed by atoms with Crippen LogP contribution in [0.2, 0.25) is 0 Å². The van der Waals surface area contributed by atoms with E-state index in [0.717, 1.165) is 17.3 Å². The number of amides is 1. The van der Waals surface area contributed by atoms with Gasteiger partial charge in [0.05, 0.1) is 17.1 Å². The van der Waals surface area contributed by atoms with Gasteiger partial charge in [0, 0.05) is 24.4 Å². The second-order valence-corrected chi connectivity index (χ2v) is 4.87. The average Bonchev–Trinajstić information content (AvgIpc) is 2.90. The van der Waals surface area contributed by atoms with Gasteiger partial charge in [-0.3, -0.25) is 4.79 Å². The maximum atomic E-state index is 11.1. The molecule has 0 spiro atoms. The van der Waals surface area contributed by atoms with Gasteiger partial charge in [-0.2, -0.15) is 5.26 Å². The summed E-state index contributed by atoms with van der Waals surface area (Å²) in [7, 11) is 0. The molecule has 2 N–H and O–H groups in total. The number of hydrogen-bond acceptors (Lipinski definition) is 4. The Kier molecular flexibility index (Phi) is 3.21. The van der Waals surface area contributed by atoms with E-state index in [1.54, 1.807) is 6.07 Å². The quantitative estimate of drug-likeness (QED) is 0.888. The molecule has 1 saturated heterocycles. The largest absolute Gasteiger partial charge is 0.368 e. The van der Waals surface area contributed by atoms with Crippen LogP contribution in [0.5, 0.6) is 0 Å². The first kappa shape index (κ1) is 12.4. The number of nitrogens with one attached hydrogen (secondary N) is 2. The maximum absolute atomic E-state index is 11.1. The average molecular weight is 266 g/mol. The SMILES string of the molecule is N#Cc1cc(NCC2CCC(=O)N2)nc2ccccc12. The molecule has 1 aromatic heterocycles. The van der Waals surface area contributed by atoms with E-state index in [9.17, 15) is 10.1 Å². The monoisotopic (exact) mass is 266 g/mol. The van der Waals surface area contributed by atoms with Crippen LogP contribution in [0.1, 0.15) is 18.4 Å².